The van der Waals surface area contributed by atoms with E-state index in [1.54, 1.807) is 6.92 Å². The van der Waals surface area contributed by atoms with Gasteiger partial charge >= 0.3 is 5.97 Å². The minimum atomic E-state index is -0.394. The van der Waals surface area contributed by atoms with Gasteiger partial charge in [-0.05, 0) is 38.5 Å². The molecule has 0 aromatic rings. The van der Waals surface area contributed by atoms with Crippen molar-refractivity contribution in [1.82, 2.24) is 0 Å². The summed E-state index contributed by atoms with van der Waals surface area (Å²) in [6.45, 7) is 3.03. The van der Waals surface area contributed by atoms with E-state index in [1.165, 1.54) is 38.5 Å². The third-order valence-electron chi connectivity index (χ3n) is 4.57. The minimum Gasteiger partial charge on any atom is -0.461 e. The van der Waals surface area contributed by atoms with Crippen LogP contribution in [-0.2, 0) is 9.53 Å². The predicted molar refractivity (Wildman–Crippen MR) is 85.2 cm³/mol. The fraction of sp³-hybridized carbons (Fsp3) is 0.765. The number of rotatable bonds is 5. The van der Waals surface area contributed by atoms with Crippen molar-refractivity contribution in [3.05, 3.63) is 11.3 Å². The highest BCUT2D eigenvalue weighted by Crippen LogP contribution is 2.27. The molecule has 21 heavy (non-hydrogen) atoms. The van der Waals surface area contributed by atoms with Gasteiger partial charge in [-0.1, -0.05) is 32.1 Å². The standard InChI is InChI=1S/C17H28N2O2/c1-2-21-17(20)16(18)14-9-6-10-15(14)19-12-11-13-7-4-3-5-8-13/h13H,2-12,18H2,1H3. The second-order valence-corrected chi connectivity index (χ2v) is 6.09. The van der Waals surface area contributed by atoms with Crippen molar-refractivity contribution >= 4 is 11.7 Å². The van der Waals surface area contributed by atoms with Crippen LogP contribution in [0, 0.1) is 5.92 Å². The quantitative estimate of drug-likeness (QED) is 0.624. The molecular formula is C17H28N2O2. The first-order valence-corrected chi connectivity index (χ1v) is 8.41. The van der Waals surface area contributed by atoms with Crippen LogP contribution in [0.5, 0.6) is 0 Å². The van der Waals surface area contributed by atoms with Crippen molar-refractivity contribution in [3.63, 3.8) is 0 Å². The summed E-state index contributed by atoms with van der Waals surface area (Å²) in [6.07, 6.45) is 10.9. The van der Waals surface area contributed by atoms with Crippen LogP contribution in [0.1, 0.15) is 64.7 Å². The highest BCUT2D eigenvalue weighted by atomic mass is 16.5. The molecule has 0 atom stereocenters. The lowest BCUT2D eigenvalue weighted by Gasteiger charge is -2.20. The van der Waals surface area contributed by atoms with Crippen molar-refractivity contribution in [2.75, 3.05) is 13.2 Å². The molecule has 2 fully saturated rings. The molecule has 0 heterocycles. The van der Waals surface area contributed by atoms with E-state index in [1.807, 2.05) is 0 Å². The van der Waals surface area contributed by atoms with Gasteiger partial charge in [0.2, 0.25) is 0 Å². The largest absolute Gasteiger partial charge is 0.461 e. The van der Waals surface area contributed by atoms with E-state index in [9.17, 15) is 4.79 Å². The van der Waals surface area contributed by atoms with E-state index in [0.717, 1.165) is 43.0 Å². The molecule has 4 nitrogen and oxygen atoms in total. The van der Waals surface area contributed by atoms with Crippen LogP contribution in [0.4, 0.5) is 0 Å². The SMILES string of the molecule is CCOC(=O)C(N)=C1CCCC1=NCCC1CCCCC1. The molecule has 2 aliphatic rings. The smallest absolute Gasteiger partial charge is 0.354 e. The number of hydrogen-bond donors (Lipinski definition) is 1. The Morgan fingerprint density at radius 3 is 2.71 bits per heavy atom. The third kappa shape index (κ3) is 4.58. The average molecular weight is 292 g/mol. The van der Waals surface area contributed by atoms with Gasteiger partial charge in [-0.25, -0.2) is 4.79 Å². The lowest BCUT2D eigenvalue weighted by atomic mass is 9.87. The molecule has 0 spiro atoms. The van der Waals surface area contributed by atoms with E-state index in [0.29, 0.717) is 6.61 Å². The summed E-state index contributed by atoms with van der Waals surface area (Å²) >= 11 is 0. The van der Waals surface area contributed by atoms with Gasteiger partial charge in [-0.15, -0.1) is 0 Å². The van der Waals surface area contributed by atoms with E-state index >= 15 is 0 Å². The summed E-state index contributed by atoms with van der Waals surface area (Å²) in [7, 11) is 0. The molecule has 0 unspecified atom stereocenters. The molecule has 0 aliphatic heterocycles. The van der Waals surface area contributed by atoms with E-state index in [4.69, 9.17) is 15.5 Å². The lowest BCUT2D eigenvalue weighted by Crippen LogP contribution is -2.19. The zero-order chi connectivity index (χ0) is 15.1. The monoisotopic (exact) mass is 292 g/mol. The molecule has 0 aromatic heterocycles. The van der Waals surface area contributed by atoms with Gasteiger partial charge < -0.3 is 10.5 Å². The molecule has 0 amide bonds. The van der Waals surface area contributed by atoms with Crippen LogP contribution < -0.4 is 5.73 Å². The number of esters is 1. The van der Waals surface area contributed by atoms with Crippen LogP contribution in [-0.4, -0.2) is 24.8 Å². The van der Waals surface area contributed by atoms with Crippen LogP contribution in [0.25, 0.3) is 0 Å². The Labute approximate surface area is 127 Å². The number of carbonyl (C=O) groups excluding carboxylic acids is 1. The molecule has 2 saturated carbocycles. The van der Waals surface area contributed by atoms with Crippen molar-refractivity contribution in [2.45, 2.75) is 64.7 Å². The first-order chi connectivity index (χ1) is 10.2. The van der Waals surface area contributed by atoms with Crippen molar-refractivity contribution in [3.8, 4) is 0 Å². The number of nitrogens with zero attached hydrogens (tertiary/aromatic N) is 1. The fourth-order valence-corrected chi connectivity index (χ4v) is 3.38. The van der Waals surface area contributed by atoms with Crippen molar-refractivity contribution in [2.24, 2.45) is 16.6 Å². The third-order valence-corrected chi connectivity index (χ3v) is 4.57. The van der Waals surface area contributed by atoms with E-state index in [2.05, 4.69) is 0 Å². The molecule has 0 aromatic carbocycles. The molecule has 2 aliphatic carbocycles. The molecule has 0 bridgehead atoms. The number of ether oxygens (including phenoxy) is 1. The molecule has 2 N–H and O–H groups in total. The fourth-order valence-electron chi connectivity index (χ4n) is 3.38. The summed E-state index contributed by atoms with van der Waals surface area (Å²) in [5.74, 6) is 0.453. The Kier molecular flexibility index (Phi) is 6.27. The van der Waals surface area contributed by atoms with Gasteiger partial charge in [0.1, 0.15) is 5.70 Å². The Hall–Kier alpha value is -1.32. The summed E-state index contributed by atoms with van der Waals surface area (Å²) in [4.78, 5) is 16.5. The van der Waals surface area contributed by atoms with Crippen molar-refractivity contribution < 1.29 is 9.53 Å². The second-order valence-electron chi connectivity index (χ2n) is 6.09. The van der Waals surface area contributed by atoms with Gasteiger partial charge in [0.15, 0.2) is 0 Å². The molecule has 0 radical (unpaired) electrons. The predicted octanol–water partition coefficient (Wildman–Crippen LogP) is 3.36. The highest BCUT2D eigenvalue weighted by Gasteiger charge is 2.22. The Bertz CT molecular complexity index is 421. The Morgan fingerprint density at radius 2 is 2.00 bits per heavy atom. The van der Waals surface area contributed by atoms with Crippen LogP contribution >= 0.6 is 0 Å². The van der Waals surface area contributed by atoms with Crippen molar-refractivity contribution in [1.29, 1.82) is 0 Å². The second kappa shape index (κ2) is 8.20. The molecule has 2 rings (SSSR count). The zero-order valence-corrected chi connectivity index (χ0v) is 13.2. The number of aliphatic imine (C=N–C) groups is 1. The van der Waals surface area contributed by atoms with Gasteiger partial charge in [0.05, 0.1) is 6.61 Å². The zero-order valence-electron chi connectivity index (χ0n) is 13.2. The summed E-state index contributed by atoms with van der Waals surface area (Å²) in [5, 5.41) is 0. The maximum absolute atomic E-state index is 11.7. The maximum Gasteiger partial charge on any atom is 0.354 e. The molecule has 4 heteroatoms. The van der Waals surface area contributed by atoms with E-state index in [-0.39, 0.29) is 5.70 Å². The maximum atomic E-state index is 11.7. The average Bonchev–Trinajstić information content (AvgIpc) is 2.96. The van der Waals surface area contributed by atoms with Gasteiger partial charge in [-0.2, -0.15) is 0 Å². The number of hydrogen-bond acceptors (Lipinski definition) is 4. The summed E-state index contributed by atoms with van der Waals surface area (Å²) in [5.41, 5.74) is 8.17. The van der Waals surface area contributed by atoms with Gasteiger partial charge in [0.25, 0.3) is 0 Å². The molecule has 118 valence electrons. The normalized spacial score (nSPS) is 24.3. The first-order valence-electron chi connectivity index (χ1n) is 8.41. The number of nitrogens with two attached hydrogens (primary N) is 1. The van der Waals surface area contributed by atoms with Crippen LogP contribution in [0.2, 0.25) is 0 Å². The van der Waals surface area contributed by atoms with Crippen LogP contribution in [0.15, 0.2) is 16.3 Å². The molecular weight excluding hydrogens is 264 g/mol. The van der Waals surface area contributed by atoms with Crippen LogP contribution in [0.3, 0.4) is 0 Å². The Morgan fingerprint density at radius 1 is 1.24 bits per heavy atom. The lowest BCUT2D eigenvalue weighted by molar-refractivity contribution is -0.138. The van der Waals surface area contributed by atoms with Gasteiger partial charge in [-0.3, -0.25) is 4.99 Å². The summed E-state index contributed by atoms with van der Waals surface area (Å²) in [6, 6.07) is 0. The van der Waals surface area contributed by atoms with E-state index < -0.39 is 5.97 Å². The van der Waals surface area contributed by atoms with Gasteiger partial charge in [0, 0.05) is 17.8 Å². The first kappa shape index (κ1) is 16.1. The summed E-state index contributed by atoms with van der Waals surface area (Å²) < 4.78 is 4.99. The Balaban J connectivity index is 1.92. The topological polar surface area (TPSA) is 64.7 Å². The number of carbonyl (C=O) groups is 1. The molecule has 0 saturated heterocycles. The number of allylic oxidation sites excluding steroid dienone is 1. The minimum absolute atomic E-state index is 0.269. The highest BCUT2D eigenvalue weighted by molar-refractivity contribution is 6.07.